The van der Waals surface area contributed by atoms with Crippen LogP contribution in [0, 0.1) is 0 Å². The van der Waals surface area contributed by atoms with Crippen LogP contribution in [0.3, 0.4) is 0 Å². The van der Waals surface area contributed by atoms with Crippen molar-refractivity contribution >= 4 is 0 Å². The lowest BCUT2D eigenvalue weighted by atomic mass is 10.2. The number of hydrogen-bond donors (Lipinski definition) is 2. The second-order valence-corrected chi connectivity index (χ2v) is 4.14. The fourth-order valence-electron chi connectivity index (χ4n) is 2.30. The van der Waals surface area contributed by atoms with Crippen LogP contribution in [0.1, 0.15) is 25.5 Å². The van der Waals surface area contributed by atoms with Gasteiger partial charge in [-0.3, -0.25) is 10.00 Å². The van der Waals surface area contributed by atoms with Gasteiger partial charge in [0.25, 0.3) is 0 Å². The minimum atomic E-state index is 0.734. The van der Waals surface area contributed by atoms with Gasteiger partial charge in [0.1, 0.15) is 0 Å². The van der Waals surface area contributed by atoms with Gasteiger partial charge in [0.05, 0.1) is 0 Å². The number of rotatable bonds is 5. The second-order valence-electron chi connectivity index (χ2n) is 4.14. The van der Waals surface area contributed by atoms with E-state index in [1.807, 2.05) is 6.07 Å². The second kappa shape index (κ2) is 5.28. The molecule has 1 atom stereocenters. The average Bonchev–Trinajstić information content (AvgIpc) is 2.88. The van der Waals surface area contributed by atoms with Crippen molar-refractivity contribution in [1.29, 1.82) is 0 Å². The molecule has 0 radical (unpaired) electrons. The monoisotopic (exact) mass is 208 g/mol. The number of nitrogens with one attached hydrogen (secondary N) is 2. The van der Waals surface area contributed by atoms with Crippen molar-refractivity contribution in [2.24, 2.45) is 0 Å². The molecule has 0 saturated carbocycles. The molecule has 15 heavy (non-hydrogen) atoms. The van der Waals surface area contributed by atoms with Crippen LogP contribution in [0.5, 0.6) is 0 Å². The molecule has 0 amide bonds. The van der Waals surface area contributed by atoms with Crippen LogP contribution >= 0.6 is 0 Å². The van der Waals surface area contributed by atoms with E-state index in [1.165, 1.54) is 25.9 Å². The summed E-state index contributed by atoms with van der Waals surface area (Å²) in [6, 6.07) is 2.75. The van der Waals surface area contributed by atoms with Gasteiger partial charge in [0.2, 0.25) is 0 Å². The zero-order valence-electron chi connectivity index (χ0n) is 9.37. The van der Waals surface area contributed by atoms with E-state index in [2.05, 4.69) is 27.3 Å². The van der Waals surface area contributed by atoms with Gasteiger partial charge in [-0.1, -0.05) is 6.92 Å². The van der Waals surface area contributed by atoms with Crippen LogP contribution < -0.4 is 5.32 Å². The summed E-state index contributed by atoms with van der Waals surface area (Å²) >= 11 is 0. The van der Waals surface area contributed by atoms with Crippen molar-refractivity contribution in [2.45, 2.75) is 32.4 Å². The lowest BCUT2D eigenvalue weighted by Crippen LogP contribution is -2.37. The van der Waals surface area contributed by atoms with Gasteiger partial charge < -0.3 is 5.32 Å². The number of likely N-dealkylation sites (N-methyl/N-ethyl adjacent to an activating group) is 1. The highest BCUT2D eigenvalue weighted by Crippen LogP contribution is 2.15. The summed E-state index contributed by atoms with van der Waals surface area (Å²) in [5.41, 5.74) is 1.16. The van der Waals surface area contributed by atoms with E-state index in [4.69, 9.17) is 0 Å². The van der Waals surface area contributed by atoms with E-state index in [9.17, 15) is 0 Å². The molecule has 0 aliphatic carbocycles. The maximum atomic E-state index is 3.93. The molecule has 1 saturated heterocycles. The van der Waals surface area contributed by atoms with E-state index in [0.29, 0.717) is 0 Å². The lowest BCUT2D eigenvalue weighted by molar-refractivity contribution is 0.259. The Balaban J connectivity index is 1.69. The molecule has 4 nitrogen and oxygen atoms in total. The van der Waals surface area contributed by atoms with E-state index >= 15 is 0 Å². The molecule has 0 bridgehead atoms. The fraction of sp³-hybridized carbons (Fsp3) is 0.727. The van der Waals surface area contributed by atoms with Crippen molar-refractivity contribution in [3.63, 3.8) is 0 Å². The molecule has 1 aliphatic heterocycles. The lowest BCUT2D eigenvalue weighted by Gasteiger charge is -2.22. The third-order valence-electron chi connectivity index (χ3n) is 3.16. The van der Waals surface area contributed by atoms with Gasteiger partial charge in [-0.25, -0.2) is 0 Å². The molecule has 84 valence electrons. The van der Waals surface area contributed by atoms with Crippen molar-refractivity contribution in [2.75, 3.05) is 19.6 Å². The van der Waals surface area contributed by atoms with E-state index in [0.717, 1.165) is 24.8 Å². The summed E-state index contributed by atoms with van der Waals surface area (Å²) in [5, 5.41) is 10.4. The molecule has 2 rings (SSSR count). The Morgan fingerprint density at radius 2 is 2.60 bits per heavy atom. The first-order valence-corrected chi connectivity index (χ1v) is 5.83. The predicted octanol–water partition coefficient (Wildman–Crippen LogP) is 0.984. The number of likely N-dealkylation sites (tertiary alicyclic amines) is 1. The van der Waals surface area contributed by atoms with Crippen molar-refractivity contribution in [1.82, 2.24) is 20.4 Å². The van der Waals surface area contributed by atoms with Crippen LogP contribution in [0.2, 0.25) is 0 Å². The van der Waals surface area contributed by atoms with Gasteiger partial charge in [0.15, 0.2) is 0 Å². The SMILES string of the molecule is CCN1CCCC1CNCc1ccn[nH]1. The number of H-pyrrole nitrogens is 1. The predicted molar refractivity (Wildman–Crippen MR) is 60.6 cm³/mol. The summed E-state index contributed by atoms with van der Waals surface area (Å²) in [7, 11) is 0. The Labute approximate surface area is 91.1 Å². The normalized spacial score (nSPS) is 22.3. The smallest absolute Gasteiger partial charge is 0.0490 e. The Kier molecular flexibility index (Phi) is 3.75. The molecule has 0 aromatic carbocycles. The molecular formula is C11H20N4. The Hall–Kier alpha value is -0.870. The first-order chi connectivity index (χ1) is 7.40. The van der Waals surface area contributed by atoms with Gasteiger partial charge in [0, 0.05) is 31.0 Å². The number of aromatic amines is 1. The first-order valence-electron chi connectivity index (χ1n) is 5.83. The molecule has 1 aromatic heterocycles. The topological polar surface area (TPSA) is 44.0 Å². The van der Waals surface area contributed by atoms with E-state index in [-0.39, 0.29) is 0 Å². The summed E-state index contributed by atoms with van der Waals surface area (Å²) in [6.45, 7) is 6.68. The largest absolute Gasteiger partial charge is 0.310 e. The molecule has 2 N–H and O–H groups in total. The summed E-state index contributed by atoms with van der Waals surface area (Å²) < 4.78 is 0. The number of hydrogen-bond acceptors (Lipinski definition) is 3. The van der Waals surface area contributed by atoms with Crippen LogP contribution in [-0.2, 0) is 6.54 Å². The van der Waals surface area contributed by atoms with Gasteiger partial charge in [-0.05, 0) is 32.0 Å². The zero-order chi connectivity index (χ0) is 10.5. The highest BCUT2D eigenvalue weighted by atomic mass is 15.2. The fourth-order valence-corrected chi connectivity index (χ4v) is 2.30. The maximum Gasteiger partial charge on any atom is 0.0490 e. The number of aromatic nitrogens is 2. The van der Waals surface area contributed by atoms with E-state index < -0.39 is 0 Å². The van der Waals surface area contributed by atoms with E-state index in [1.54, 1.807) is 6.20 Å². The minimum Gasteiger partial charge on any atom is -0.310 e. The van der Waals surface area contributed by atoms with Crippen LogP contribution in [0.15, 0.2) is 12.3 Å². The molecule has 2 heterocycles. The first kappa shape index (κ1) is 10.6. The minimum absolute atomic E-state index is 0.734. The maximum absolute atomic E-state index is 3.93. The summed E-state index contributed by atoms with van der Waals surface area (Å²) in [4.78, 5) is 2.56. The molecule has 0 spiro atoms. The highest BCUT2D eigenvalue weighted by Gasteiger charge is 2.21. The highest BCUT2D eigenvalue weighted by molar-refractivity contribution is 4.96. The Morgan fingerprint density at radius 1 is 1.67 bits per heavy atom. The molecular weight excluding hydrogens is 188 g/mol. The standard InChI is InChI=1S/C11H20N4/c1-2-15-7-3-4-11(15)9-12-8-10-5-6-13-14-10/h5-6,11-12H,2-4,7-9H2,1H3,(H,13,14). The summed E-state index contributed by atoms with van der Waals surface area (Å²) in [5.74, 6) is 0. The Bertz CT molecular complexity index is 270. The van der Waals surface area contributed by atoms with Gasteiger partial charge in [-0.2, -0.15) is 5.10 Å². The van der Waals surface area contributed by atoms with Crippen LogP contribution in [0.4, 0.5) is 0 Å². The van der Waals surface area contributed by atoms with Crippen molar-refractivity contribution in [3.8, 4) is 0 Å². The third-order valence-corrected chi connectivity index (χ3v) is 3.16. The van der Waals surface area contributed by atoms with Gasteiger partial charge >= 0.3 is 0 Å². The molecule has 1 aliphatic rings. The van der Waals surface area contributed by atoms with Crippen molar-refractivity contribution in [3.05, 3.63) is 18.0 Å². The van der Waals surface area contributed by atoms with Crippen molar-refractivity contribution < 1.29 is 0 Å². The van der Waals surface area contributed by atoms with Crippen LogP contribution in [0.25, 0.3) is 0 Å². The zero-order valence-corrected chi connectivity index (χ0v) is 9.37. The molecule has 1 unspecified atom stereocenters. The molecule has 4 heteroatoms. The molecule has 1 fully saturated rings. The third kappa shape index (κ3) is 2.79. The summed E-state index contributed by atoms with van der Waals surface area (Å²) in [6.07, 6.45) is 4.49. The van der Waals surface area contributed by atoms with Crippen LogP contribution in [-0.4, -0.2) is 40.8 Å². The average molecular weight is 208 g/mol. The van der Waals surface area contributed by atoms with Gasteiger partial charge in [-0.15, -0.1) is 0 Å². The Morgan fingerprint density at radius 3 is 3.33 bits per heavy atom. The number of nitrogens with zero attached hydrogens (tertiary/aromatic N) is 2. The quantitative estimate of drug-likeness (QED) is 0.758. The molecule has 1 aromatic rings.